The fraction of sp³-hybridized carbons (Fsp3) is 0.125. The van der Waals surface area contributed by atoms with E-state index in [0.717, 1.165) is 22.3 Å². The second-order valence-corrected chi connectivity index (χ2v) is 6.73. The summed E-state index contributed by atoms with van der Waals surface area (Å²) < 4.78 is 12.1. The van der Waals surface area contributed by atoms with Crippen molar-refractivity contribution in [1.82, 2.24) is 0 Å². The van der Waals surface area contributed by atoms with E-state index >= 15 is 0 Å². The van der Waals surface area contributed by atoms with Crippen molar-refractivity contribution in [3.05, 3.63) is 99.7 Å². The molecule has 1 heterocycles. The Hall–Kier alpha value is -3.33. The number of hydrogen-bond acceptors (Lipinski definition) is 3. The van der Waals surface area contributed by atoms with Crippen molar-refractivity contribution in [3.63, 3.8) is 0 Å². The molecule has 3 nitrogen and oxygen atoms in total. The molecule has 0 saturated carbocycles. The molecule has 0 bridgehead atoms. The van der Waals surface area contributed by atoms with Gasteiger partial charge in [0, 0.05) is 5.56 Å². The third kappa shape index (κ3) is 3.49. The highest BCUT2D eigenvalue weighted by Crippen LogP contribution is 2.31. The van der Waals surface area contributed by atoms with Crippen LogP contribution in [0, 0.1) is 13.8 Å². The van der Waals surface area contributed by atoms with Crippen LogP contribution in [0.1, 0.15) is 16.7 Å². The van der Waals surface area contributed by atoms with Gasteiger partial charge >= 0.3 is 0 Å². The Balaban J connectivity index is 1.87. The maximum absolute atomic E-state index is 13.1. The summed E-state index contributed by atoms with van der Waals surface area (Å²) in [5, 5.41) is 0.527. The highest BCUT2D eigenvalue weighted by Gasteiger charge is 2.18. The van der Waals surface area contributed by atoms with Crippen LogP contribution in [-0.4, -0.2) is 0 Å². The maximum Gasteiger partial charge on any atom is 0.235 e. The van der Waals surface area contributed by atoms with Gasteiger partial charge in [-0.2, -0.15) is 0 Å². The van der Waals surface area contributed by atoms with Crippen LogP contribution < -0.4 is 10.2 Å². The van der Waals surface area contributed by atoms with Gasteiger partial charge in [-0.05, 0) is 37.1 Å². The van der Waals surface area contributed by atoms with Gasteiger partial charge in [-0.25, -0.2) is 0 Å². The van der Waals surface area contributed by atoms with E-state index in [1.165, 1.54) is 0 Å². The molecule has 3 aromatic carbocycles. The van der Waals surface area contributed by atoms with E-state index in [2.05, 4.69) is 0 Å². The van der Waals surface area contributed by atoms with Gasteiger partial charge in [0.15, 0.2) is 5.76 Å². The first-order valence-corrected chi connectivity index (χ1v) is 8.93. The standard InChI is InChI=1S/C24H20O3/c1-16-8-11-19(12-9-16)23-24(26-15-18-6-4-3-5-7-18)22(25)20-13-10-17(2)14-21(20)27-23/h3-14H,15H2,1-2H3. The Bertz CT molecular complexity index is 1140. The maximum atomic E-state index is 13.1. The zero-order valence-corrected chi connectivity index (χ0v) is 15.4. The minimum Gasteiger partial charge on any atom is -0.481 e. The monoisotopic (exact) mass is 356 g/mol. The summed E-state index contributed by atoms with van der Waals surface area (Å²) in [6, 6.07) is 23.3. The predicted molar refractivity (Wildman–Crippen MR) is 108 cm³/mol. The molecule has 0 spiro atoms. The van der Waals surface area contributed by atoms with Gasteiger partial charge < -0.3 is 9.15 Å². The third-order valence-corrected chi connectivity index (χ3v) is 4.55. The van der Waals surface area contributed by atoms with Crippen LogP contribution in [0.5, 0.6) is 5.75 Å². The molecule has 4 rings (SSSR count). The summed E-state index contributed by atoms with van der Waals surface area (Å²) in [5.74, 6) is 0.716. The average Bonchev–Trinajstić information content (AvgIpc) is 2.68. The van der Waals surface area contributed by atoms with Crippen LogP contribution in [0.3, 0.4) is 0 Å². The summed E-state index contributed by atoms with van der Waals surface area (Å²) in [6.45, 7) is 4.31. The number of benzene rings is 3. The first-order chi connectivity index (χ1) is 13.1. The van der Waals surface area contributed by atoms with Crippen LogP contribution in [-0.2, 0) is 6.61 Å². The number of fused-ring (bicyclic) bond motifs is 1. The van der Waals surface area contributed by atoms with Gasteiger partial charge in [-0.1, -0.05) is 66.2 Å². The lowest BCUT2D eigenvalue weighted by Crippen LogP contribution is -2.10. The van der Waals surface area contributed by atoms with Crippen molar-refractivity contribution in [2.75, 3.05) is 0 Å². The van der Waals surface area contributed by atoms with E-state index in [4.69, 9.17) is 9.15 Å². The van der Waals surface area contributed by atoms with Gasteiger partial charge in [0.2, 0.25) is 11.2 Å². The second-order valence-electron chi connectivity index (χ2n) is 6.73. The number of aryl methyl sites for hydroxylation is 2. The van der Waals surface area contributed by atoms with Crippen molar-refractivity contribution in [2.24, 2.45) is 0 Å². The van der Waals surface area contributed by atoms with Crippen LogP contribution in [0.25, 0.3) is 22.3 Å². The molecule has 0 aliphatic carbocycles. The average molecular weight is 356 g/mol. The van der Waals surface area contributed by atoms with Crippen LogP contribution in [0.2, 0.25) is 0 Å². The lowest BCUT2D eigenvalue weighted by molar-refractivity contribution is 0.298. The summed E-state index contributed by atoms with van der Waals surface area (Å²) in [5.41, 5.74) is 4.42. The van der Waals surface area contributed by atoms with Crippen LogP contribution in [0.15, 0.2) is 82.0 Å². The molecule has 0 atom stereocenters. The third-order valence-electron chi connectivity index (χ3n) is 4.55. The minimum atomic E-state index is -0.150. The molecular weight excluding hydrogens is 336 g/mol. The van der Waals surface area contributed by atoms with E-state index in [-0.39, 0.29) is 11.2 Å². The summed E-state index contributed by atoms with van der Waals surface area (Å²) in [7, 11) is 0. The van der Waals surface area contributed by atoms with E-state index in [1.54, 1.807) is 6.07 Å². The molecule has 0 unspecified atom stereocenters. The second kappa shape index (κ2) is 7.12. The molecule has 0 N–H and O–H groups in total. The number of ether oxygens (including phenoxy) is 1. The fourth-order valence-electron chi connectivity index (χ4n) is 3.04. The molecule has 0 aliphatic rings. The largest absolute Gasteiger partial charge is 0.481 e. The first-order valence-electron chi connectivity index (χ1n) is 8.93. The molecule has 0 radical (unpaired) electrons. The molecular formula is C24H20O3. The Morgan fingerprint density at radius 2 is 1.56 bits per heavy atom. The van der Waals surface area contributed by atoms with Crippen molar-refractivity contribution in [2.45, 2.75) is 20.5 Å². The Kier molecular flexibility index (Phi) is 4.51. The first kappa shape index (κ1) is 17.1. The van der Waals surface area contributed by atoms with Gasteiger partial charge in [0.1, 0.15) is 12.2 Å². The van der Waals surface area contributed by atoms with Crippen molar-refractivity contribution in [3.8, 4) is 17.1 Å². The van der Waals surface area contributed by atoms with Gasteiger partial charge in [-0.3, -0.25) is 4.79 Å². The van der Waals surface area contributed by atoms with Crippen LogP contribution in [0.4, 0.5) is 0 Å². The smallest absolute Gasteiger partial charge is 0.235 e. The topological polar surface area (TPSA) is 39.4 Å². The quantitative estimate of drug-likeness (QED) is 0.474. The summed E-state index contributed by atoms with van der Waals surface area (Å²) >= 11 is 0. The van der Waals surface area contributed by atoms with E-state index in [1.807, 2.05) is 80.6 Å². The SMILES string of the molecule is Cc1ccc(-c2oc3cc(C)ccc3c(=O)c2OCc2ccccc2)cc1. The summed E-state index contributed by atoms with van der Waals surface area (Å²) in [6.07, 6.45) is 0. The van der Waals surface area contributed by atoms with E-state index in [0.29, 0.717) is 23.3 Å². The molecule has 3 heteroatoms. The highest BCUT2D eigenvalue weighted by molar-refractivity contribution is 5.82. The van der Waals surface area contributed by atoms with E-state index < -0.39 is 0 Å². The molecule has 134 valence electrons. The minimum absolute atomic E-state index is 0.150. The van der Waals surface area contributed by atoms with Gasteiger partial charge in [0.05, 0.1) is 5.39 Å². The fourth-order valence-corrected chi connectivity index (χ4v) is 3.04. The van der Waals surface area contributed by atoms with Gasteiger partial charge in [-0.15, -0.1) is 0 Å². The molecule has 4 aromatic rings. The zero-order chi connectivity index (χ0) is 18.8. The van der Waals surface area contributed by atoms with Crippen molar-refractivity contribution in [1.29, 1.82) is 0 Å². The molecule has 0 saturated heterocycles. The number of hydrogen-bond donors (Lipinski definition) is 0. The van der Waals surface area contributed by atoms with Crippen LogP contribution >= 0.6 is 0 Å². The van der Waals surface area contributed by atoms with Gasteiger partial charge in [0.25, 0.3) is 0 Å². The zero-order valence-electron chi connectivity index (χ0n) is 15.4. The molecule has 0 aliphatic heterocycles. The molecule has 0 amide bonds. The lowest BCUT2D eigenvalue weighted by atomic mass is 10.1. The Labute approximate surface area is 157 Å². The highest BCUT2D eigenvalue weighted by atomic mass is 16.5. The van der Waals surface area contributed by atoms with Crippen molar-refractivity contribution < 1.29 is 9.15 Å². The normalized spacial score (nSPS) is 10.9. The molecule has 1 aromatic heterocycles. The number of rotatable bonds is 4. The predicted octanol–water partition coefficient (Wildman–Crippen LogP) is 5.66. The van der Waals surface area contributed by atoms with E-state index in [9.17, 15) is 4.79 Å². The molecule has 0 fully saturated rings. The molecule has 27 heavy (non-hydrogen) atoms. The van der Waals surface area contributed by atoms with Crippen molar-refractivity contribution >= 4 is 11.0 Å². The lowest BCUT2D eigenvalue weighted by Gasteiger charge is -2.12. The Morgan fingerprint density at radius 3 is 2.30 bits per heavy atom. The summed E-state index contributed by atoms with van der Waals surface area (Å²) in [4.78, 5) is 13.1. The Morgan fingerprint density at radius 1 is 0.852 bits per heavy atom.